The summed E-state index contributed by atoms with van der Waals surface area (Å²) in [6, 6.07) is 13.8. The topological polar surface area (TPSA) is 41.6 Å². The number of likely N-dealkylation sites (tertiary alicyclic amines) is 1. The van der Waals surface area contributed by atoms with Crippen molar-refractivity contribution in [3.05, 3.63) is 59.2 Å². The smallest absolute Gasteiger partial charge is 0.255 e. The highest BCUT2D eigenvalue weighted by Gasteiger charge is 2.18. The standard InChI is InChI=1S/C23H28N2O2/c1-25-14-12-22(13-15-25)27-21-10-8-20(9-11-21)24-23(26)19-7-6-17-4-2-3-5-18(17)16-19/h6-11,16,22H,2-5,12-15H2,1H3,(H,24,26). The van der Waals surface area contributed by atoms with E-state index in [1.165, 1.54) is 24.0 Å². The van der Waals surface area contributed by atoms with Gasteiger partial charge < -0.3 is 15.0 Å². The van der Waals surface area contributed by atoms with Gasteiger partial charge in [-0.1, -0.05) is 6.07 Å². The van der Waals surface area contributed by atoms with Crippen LogP contribution < -0.4 is 10.1 Å². The number of piperidine rings is 1. The monoisotopic (exact) mass is 364 g/mol. The van der Waals surface area contributed by atoms with E-state index >= 15 is 0 Å². The Balaban J connectivity index is 1.36. The number of carbonyl (C=O) groups excluding carboxylic acids is 1. The summed E-state index contributed by atoms with van der Waals surface area (Å²) < 4.78 is 6.07. The second kappa shape index (κ2) is 8.13. The molecule has 0 bridgehead atoms. The highest BCUT2D eigenvalue weighted by atomic mass is 16.5. The largest absolute Gasteiger partial charge is 0.490 e. The molecule has 2 aromatic carbocycles. The molecule has 0 saturated carbocycles. The number of ether oxygens (including phenoxy) is 1. The van der Waals surface area contributed by atoms with Gasteiger partial charge in [0.1, 0.15) is 11.9 Å². The molecular weight excluding hydrogens is 336 g/mol. The molecule has 0 radical (unpaired) electrons. The van der Waals surface area contributed by atoms with Crippen LogP contribution in [0.5, 0.6) is 5.75 Å². The van der Waals surface area contributed by atoms with Gasteiger partial charge in [-0.15, -0.1) is 0 Å². The molecule has 142 valence electrons. The van der Waals surface area contributed by atoms with E-state index in [1.807, 2.05) is 30.3 Å². The molecule has 4 nitrogen and oxygen atoms in total. The van der Waals surface area contributed by atoms with E-state index in [4.69, 9.17) is 4.74 Å². The molecule has 1 saturated heterocycles. The quantitative estimate of drug-likeness (QED) is 0.880. The van der Waals surface area contributed by atoms with Gasteiger partial charge in [-0.3, -0.25) is 4.79 Å². The Bertz CT molecular complexity index is 793. The number of anilines is 1. The minimum atomic E-state index is -0.0487. The molecule has 0 unspecified atom stereocenters. The zero-order valence-electron chi connectivity index (χ0n) is 16.0. The van der Waals surface area contributed by atoms with E-state index in [0.29, 0.717) is 0 Å². The number of carbonyl (C=O) groups is 1. The summed E-state index contributed by atoms with van der Waals surface area (Å²) in [5.74, 6) is 0.823. The molecule has 0 spiro atoms. The first kappa shape index (κ1) is 18.1. The molecule has 1 aliphatic carbocycles. The van der Waals surface area contributed by atoms with Crippen molar-refractivity contribution in [3.8, 4) is 5.75 Å². The molecule has 0 aromatic heterocycles. The molecule has 1 fully saturated rings. The first-order valence-corrected chi connectivity index (χ1v) is 10.1. The Hall–Kier alpha value is -2.33. The fourth-order valence-electron chi connectivity index (χ4n) is 3.99. The summed E-state index contributed by atoms with van der Waals surface area (Å²) in [4.78, 5) is 14.9. The van der Waals surface area contributed by atoms with Gasteiger partial charge in [0.2, 0.25) is 0 Å². The van der Waals surface area contributed by atoms with Gasteiger partial charge in [-0.25, -0.2) is 0 Å². The summed E-state index contributed by atoms with van der Waals surface area (Å²) in [7, 11) is 2.15. The van der Waals surface area contributed by atoms with Crippen molar-refractivity contribution in [1.82, 2.24) is 4.90 Å². The van der Waals surface area contributed by atoms with Gasteiger partial charge in [-0.2, -0.15) is 0 Å². The van der Waals surface area contributed by atoms with Crippen LogP contribution in [0.2, 0.25) is 0 Å². The summed E-state index contributed by atoms with van der Waals surface area (Å²) in [5, 5.41) is 3.00. The Kier molecular flexibility index (Phi) is 5.44. The van der Waals surface area contributed by atoms with E-state index in [2.05, 4.69) is 29.4 Å². The molecule has 1 amide bonds. The Labute approximate surface area is 161 Å². The second-order valence-electron chi connectivity index (χ2n) is 7.79. The SMILES string of the molecule is CN1CCC(Oc2ccc(NC(=O)c3ccc4c(c3)CCCC4)cc2)CC1. The normalized spacial score (nSPS) is 18.0. The van der Waals surface area contributed by atoms with E-state index in [1.54, 1.807) is 0 Å². The number of nitrogens with one attached hydrogen (secondary N) is 1. The Morgan fingerprint density at radius 2 is 1.70 bits per heavy atom. The van der Waals surface area contributed by atoms with E-state index in [-0.39, 0.29) is 12.0 Å². The summed E-state index contributed by atoms with van der Waals surface area (Å²) in [6.45, 7) is 2.17. The Morgan fingerprint density at radius 3 is 2.44 bits per heavy atom. The number of rotatable bonds is 4. The lowest BCUT2D eigenvalue weighted by Crippen LogP contribution is -2.35. The molecule has 2 aromatic rings. The number of fused-ring (bicyclic) bond motifs is 1. The van der Waals surface area contributed by atoms with Crippen LogP contribution in [0, 0.1) is 0 Å². The van der Waals surface area contributed by atoms with Crippen LogP contribution in [-0.2, 0) is 12.8 Å². The predicted octanol–water partition coefficient (Wildman–Crippen LogP) is 4.29. The molecule has 1 heterocycles. The highest BCUT2D eigenvalue weighted by molar-refractivity contribution is 6.04. The highest BCUT2D eigenvalue weighted by Crippen LogP contribution is 2.24. The third-order valence-electron chi connectivity index (χ3n) is 5.69. The van der Waals surface area contributed by atoms with Crippen LogP contribution in [0.15, 0.2) is 42.5 Å². The first-order valence-electron chi connectivity index (χ1n) is 10.1. The molecule has 27 heavy (non-hydrogen) atoms. The number of aryl methyl sites for hydroxylation is 2. The maximum absolute atomic E-state index is 12.6. The fraction of sp³-hybridized carbons (Fsp3) is 0.435. The fourth-order valence-corrected chi connectivity index (χ4v) is 3.99. The maximum Gasteiger partial charge on any atom is 0.255 e. The second-order valence-corrected chi connectivity index (χ2v) is 7.79. The molecular formula is C23H28N2O2. The summed E-state index contributed by atoms with van der Waals surface area (Å²) in [6.07, 6.45) is 7.11. The van der Waals surface area contributed by atoms with Crippen molar-refractivity contribution >= 4 is 11.6 Å². The van der Waals surface area contributed by atoms with Crippen molar-refractivity contribution in [2.45, 2.75) is 44.6 Å². The average Bonchev–Trinajstić information content (AvgIpc) is 2.71. The molecule has 2 aliphatic rings. The van der Waals surface area contributed by atoms with Crippen molar-refractivity contribution in [1.29, 1.82) is 0 Å². The van der Waals surface area contributed by atoms with Crippen LogP contribution in [0.4, 0.5) is 5.69 Å². The molecule has 1 aliphatic heterocycles. The van der Waals surface area contributed by atoms with Gasteiger partial charge >= 0.3 is 0 Å². The summed E-state index contributed by atoms with van der Waals surface area (Å²) >= 11 is 0. The van der Waals surface area contributed by atoms with Crippen LogP contribution in [0.3, 0.4) is 0 Å². The van der Waals surface area contributed by atoms with E-state index in [0.717, 1.165) is 55.8 Å². The number of amides is 1. The van der Waals surface area contributed by atoms with Crippen LogP contribution >= 0.6 is 0 Å². The van der Waals surface area contributed by atoms with E-state index < -0.39 is 0 Å². The molecule has 1 N–H and O–H groups in total. The van der Waals surface area contributed by atoms with Crippen molar-refractivity contribution in [2.24, 2.45) is 0 Å². The van der Waals surface area contributed by atoms with E-state index in [9.17, 15) is 4.79 Å². The van der Waals surface area contributed by atoms with Gasteiger partial charge in [0.15, 0.2) is 0 Å². The number of benzene rings is 2. The van der Waals surface area contributed by atoms with Gasteiger partial charge in [-0.05, 0) is 93.1 Å². The van der Waals surface area contributed by atoms with Crippen LogP contribution in [0.1, 0.15) is 47.2 Å². The number of hydrogen-bond acceptors (Lipinski definition) is 3. The average molecular weight is 364 g/mol. The zero-order chi connectivity index (χ0) is 18.6. The number of nitrogens with zero attached hydrogens (tertiary/aromatic N) is 1. The van der Waals surface area contributed by atoms with Crippen LogP contribution in [0.25, 0.3) is 0 Å². The summed E-state index contributed by atoms with van der Waals surface area (Å²) in [5.41, 5.74) is 4.26. The molecule has 0 atom stereocenters. The van der Waals surface area contributed by atoms with Crippen molar-refractivity contribution in [2.75, 3.05) is 25.5 Å². The lowest BCUT2D eigenvalue weighted by atomic mass is 9.90. The van der Waals surface area contributed by atoms with Gasteiger partial charge in [0.25, 0.3) is 5.91 Å². The molecule has 4 heteroatoms. The Morgan fingerprint density at radius 1 is 1.00 bits per heavy atom. The predicted molar refractivity (Wildman–Crippen MR) is 109 cm³/mol. The van der Waals surface area contributed by atoms with Crippen LogP contribution in [-0.4, -0.2) is 37.0 Å². The number of hydrogen-bond donors (Lipinski definition) is 1. The van der Waals surface area contributed by atoms with Crippen molar-refractivity contribution in [3.63, 3.8) is 0 Å². The van der Waals surface area contributed by atoms with Gasteiger partial charge in [0.05, 0.1) is 0 Å². The maximum atomic E-state index is 12.6. The lowest BCUT2D eigenvalue weighted by Gasteiger charge is -2.29. The molecule has 4 rings (SSSR count). The zero-order valence-corrected chi connectivity index (χ0v) is 16.0. The third kappa shape index (κ3) is 4.51. The third-order valence-corrected chi connectivity index (χ3v) is 5.69. The van der Waals surface area contributed by atoms with Gasteiger partial charge in [0, 0.05) is 24.3 Å². The first-order chi connectivity index (χ1) is 13.2. The minimum absolute atomic E-state index is 0.0487. The minimum Gasteiger partial charge on any atom is -0.490 e. The lowest BCUT2D eigenvalue weighted by molar-refractivity contribution is 0.102. The van der Waals surface area contributed by atoms with Crippen molar-refractivity contribution < 1.29 is 9.53 Å².